The summed E-state index contributed by atoms with van der Waals surface area (Å²) in [6, 6.07) is 0. The predicted octanol–water partition coefficient (Wildman–Crippen LogP) is 19.7. The van der Waals surface area contributed by atoms with Crippen molar-refractivity contribution in [1.29, 1.82) is 0 Å². The monoisotopic (exact) mass is 775 g/mol. The lowest BCUT2D eigenvalue weighted by molar-refractivity contribution is -0.143. The smallest absolute Gasteiger partial charge is 0.305 e. The SMILES string of the molecule is CCCCCCCCCCCCCCCCCCCCCCCCCCCCCCCCCCCCCCCCCCCCCCCOC(=O)CCCCC. The van der Waals surface area contributed by atoms with Crippen LogP contribution in [0.15, 0.2) is 0 Å². The minimum Gasteiger partial charge on any atom is -0.466 e. The van der Waals surface area contributed by atoms with Crippen LogP contribution in [0.2, 0.25) is 0 Å². The minimum absolute atomic E-state index is 0.00526. The number of hydrogen-bond donors (Lipinski definition) is 0. The van der Waals surface area contributed by atoms with E-state index in [-0.39, 0.29) is 5.97 Å². The van der Waals surface area contributed by atoms with E-state index in [0.29, 0.717) is 13.0 Å². The van der Waals surface area contributed by atoms with Gasteiger partial charge in [-0.3, -0.25) is 4.79 Å². The number of hydrogen-bond acceptors (Lipinski definition) is 2. The molecule has 2 heteroatoms. The van der Waals surface area contributed by atoms with Crippen LogP contribution in [0.5, 0.6) is 0 Å². The predicted molar refractivity (Wildman–Crippen MR) is 249 cm³/mol. The van der Waals surface area contributed by atoms with Crippen LogP contribution in [-0.4, -0.2) is 12.6 Å². The molecule has 0 radical (unpaired) electrons. The second-order valence-corrected chi connectivity index (χ2v) is 18.2. The van der Waals surface area contributed by atoms with Crippen molar-refractivity contribution < 1.29 is 9.53 Å². The van der Waals surface area contributed by atoms with Crippen molar-refractivity contribution in [2.75, 3.05) is 6.61 Å². The summed E-state index contributed by atoms with van der Waals surface area (Å²) in [6.07, 6.45) is 69.1. The number of ether oxygens (including phenoxy) is 1. The van der Waals surface area contributed by atoms with Crippen molar-refractivity contribution in [3.8, 4) is 0 Å². The van der Waals surface area contributed by atoms with Gasteiger partial charge in [-0.25, -0.2) is 0 Å². The molecule has 2 nitrogen and oxygen atoms in total. The van der Waals surface area contributed by atoms with E-state index in [1.54, 1.807) is 0 Å². The topological polar surface area (TPSA) is 26.3 Å². The first-order valence-corrected chi connectivity index (χ1v) is 26.5. The maximum Gasteiger partial charge on any atom is 0.305 e. The van der Waals surface area contributed by atoms with Gasteiger partial charge in [0.05, 0.1) is 6.61 Å². The van der Waals surface area contributed by atoms with Crippen LogP contribution in [0.3, 0.4) is 0 Å². The quantitative estimate of drug-likeness (QED) is 0.0454. The highest BCUT2D eigenvalue weighted by molar-refractivity contribution is 5.69. The second kappa shape index (κ2) is 51.5. The van der Waals surface area contributed by atoms with Crippen LogP contribution < -0.4 is 0 Å². The summed E-state index contributed by atoms with van der Waals surface area (Å²) in [7, 11) is 0. The Balaban J connectivity index is 3.07. The molecule has 0 aliphatic heterocycles. The summed E-state index contributed by atoms with van der Waals surface area (Å²) in [5.74, 6) is 0.00526. The first kappa shape index (κ1) is 54.5. The van der Waals surface area contributed by atoms with Gasteiger partial charge in [0, 0.05) is 6.42 Å². The molecular weight excluding hydrogens is 669 g/mol. The molecule has 0 unspecified atom stereocenters. The van der Waals surface area contributed by atoms with Gasteiger partial charge in [0.1, 0.15) is 0 Å². The average Bonchev–Trinajstić information content (AvgIpc) is 3.19. The Hall–Kier alpha value is -0.530. The molecule has 0 heterocycles. The Morgan fingerprint density at radius 3 is 0.600 bits per heavy atom. The molecule has 0 atom stereocenters. The molecule has 0 saturated carbocycles. The molecule has 0 aliphatic rings. The van der Waals surface area contributed by atoms with Crippen LogP contribution in [0.4, 0.5) is 0 Å². The van der Waals surface area contributed by atoms with Crippen molar-refractivity contribution in [2.24, 2.45) is 0 Å². The lowest BCUT2D eigenvalue weighted by Crippen LogP contribution is -2.05. The fourth-order valence-electron chi connectivity index (χ4n) is 8.55. The summed E-state index contributed by atoms with van der Waals surface area (Å²) < 4.78 is 5.33. The van der Waals surface area contributed by atoms with Gasteiger partial charge in [-0.1, -0.05) is 309 Å². The van der Waals surface area contributed by atoms with Crippen molar-refractivity contribution in [2.45, 2.75) is 328 Å². The van der Waals surface area contributed by atoms with Crippen molar-refractivity contribution in [3.63, 3.8) is 0 Å². The summed E-state index contributed by atoms with van der Waals surface area (Å²) in [5.41, 5.74) is 0. The van der Waals surface area contributed by atoms with Gasteiger partial charge in [-0.2, -0.15) is 0 Å². The maximum atomic E-state index is 11.6. The lowest BCUT2D eigenvalue weighted by Gasteiger charge is -2.05. The Morgan fingerprint density at radius 2 is 0.400 bits per heavy atom. The maximum absolute atomic E-state index is 11.6. The largest absolute Gasteiger partial charge is 0.466 e. The molecule has 330 valence electrons. The van der Waals surface area contributed by atoms with Crippen molar-refractivity contribution in [3.05, 3.63) is 0 Å². The van der Waals surface area contributed by atoms with Crippen LogP contribution in [0, 0.1) is 0 Å². The summed E-state index contributed by atoms with van der Waals surface area (Å²) in [6.45, 7) is 5.11. The van der Waals surface area contributed by atoms with Crippen LogP contribution in [-0.2, 0) is 9.53 Å². The zero-order valence-electron chi connectivity index (χ0n) is 38.7. The molecule has 0 amide bonds. The molecular formula is C53H106O2. The Labute approximate surface area is 349 Å². The van der Waals surface area contributed by atoms with Gasteiger partial charge in [-0.15, -0.1) is 0 Å². The number of esters is 1. The third kappa shape index (κ3) is 51.5. The molecule has 0 aliphatic carbocycles. The molecule has 0 aromatic heterocycles. The van der Waals surface area contributed by atoms with Gasteiger partial charge in [0.25, 0.3) is 0 Å². The molecule has 0 aromatic carbocycles. The molecule has 0 rings (SSSR count). The highest BCUT2D eigenvalue weighted by Crippen LogP contribution is 2.18. The number of carbonyl (C=O) groups excluding carboxylic acids is 1. The van der Waals surface area contributed by atoms with Gasteiger partial charge >= 0.3 is 5.97 Å². The first-order valence-electron chi connectivity index (χ1n) is 26.5. The van der Waals surface area contributed by atoms with E-state index in [1.165, 1.54) is 283 Å². The molecule has 0 bridgehead atoms. The van der Waals surface area contributed by atoms with Gasteiger partial charge in [0.2, 0.25) is 0 Å². The molecule has 0 spiro atoms. The van der Waals surface area contributed by atoms with Crippen LogP contribution in [0.25, 0.3) is 0 Å². The average molecular weight is 775 g/mol. The summed E-state index contributed by atoms with van der Waals surface area (Å²) in [4.78, 5) is 11.6. The lowest BCUT2D eigenvalue weighted by atomic mass is 10.0. The molecule has 0 N–H and O–H groups in total. The third-order valence-corrected chi connectivity index (χ3v) is 12.5. The Bertz CT molecular complexity index is 673. The zero-order valence-corrected chi connectivity index (χ0v) is 38.7. The van der Waals surface area contributed by atoms with E-state index < -0.39 is 0 Å². The molecule has 0 aromatic rings. The van der Waals surface area contributed by atoms with Gasteiger partial charge in [-0.05, 0) is 12.8 Å². The van der Waals surface area contributed by atoms with Crippen LogP contribution >= 0.6 is 0 Å². The Kier molecular flexibility index (Phi) is 51.0. The van der Waals surface area contributed by atoms with Gasteiger partial charge in [0.15, 0.2) is 0 Å². The minimum atomic E-state index is 0.00526. The molecule has 0 fully saturated rings. The highest BCUT2D eigenvalue weighted by atomic mass is 16.5. The van der Waals surface area contributed by atoms with E-state index in [2.05, 4.69) is 13.8 Å². The van der Waals surface area contributed by atoms with Crippen molar-refractivity contribution in [1.82, 2.24) is 0 Å². The highest BCUT2D eigenvalue weighted by Gasteiger charge is 2.02. The van der Waals surface area contributed by atoms with Gasteiger partial charge < -0.3 is 4.74 Å². The van der Waals surface area contributed by atoms with E-state index in [0.717, 1.165) is 25.7 Å². The second-order valence-electron chi connectivity index (χ2n) is 18.2. The fraction of sp³-hybridized carbons (Fsp3) is 0.981. The molecule has 55 heavy (non-hydrogen) atoms. The normalized spacial score (nSPS) is 11.5. The standard InChI is InChI=1S/C53H106O2/c1-3-5-7-8-9-10-11-12-13-14-15-16-17-18-19-20-21-22-23-24-25-26-27-28-29-30-31-32-33-34-35-36-37-38-39-40-41-42-43-44-45-46-47-48-50-52-55-53(54)51-49-6-4-2/h3-52H2,1-2H3. The summed E-state index contributed by atoms with van der Waals surface area (Å²) >= 11 is 0. The van der Waals surface area contributed by atoms with E-state index in [4.69, 9.17) is 4.74 Å². The Morgan fingerprint density at radius 1 is 0.236 bits per heavy atom. The third-order valence-electron chi connectivity index (χ3n) is 12.5. The van der Waals surface area contributed by atoms with Crippen LogP contribution in [0.1, 0.15) is 328 Å². The van der Waals surface area contributed by atoms with Crippen molar-refractivity contribution >= 4 is 5.97 Å². The fourth-order valence-corrected chi connectivity index (χ4v) is 8.55. The van der Waals surface area contributed by atoms with E-state index in [9.17, 15) is 4.79 Å². The zero-order chi connectivity index (χ0) is 39.6. The number of unbranched alkanes of at least 4 members (excludes halogenated alkanes) is 46. The first-order chi connectivity index (χ1) is 27.3. The van der Waals surface area contributed by atoms with E-state index in [1.807, 2.05) is 0 Å². The number of carbonyl (C=O) groups is 1. The molecule has 0 saturated heterocycles. The van der Waals surface area contributed by atoms with E-state index >= 15 is 0 Å². The number of rotatable bonds is 50. The summed E-state index contributed by atoms with van der Waals surface area (Å²) in [5, 5.41) is 0.